The van der Waals surface area contributed by atoms with Crippen molar-refractivity contribution < 1.29 is 23.8 Å². The van der Waals surface area contributed by atoms with Crippen LogP contribution in [-0.2, 0) is 15.0 Å². The number of hydrogen-bond donors (Lipinski definition) is 3. The number of ether oxygens (including phenoxy) is 1. The molecule has 3 aliphatic rings. The highest BCUT2D eigenvalue weighted by Crippen LogP contribution is 2.58. The minimum Gasteiger partial charge on any atom is -0.425 e. The summed E-state index contributed by atoms with van der Waals surface area (Å²) < 4.78 is 21.6. The zero-order valence-electron chi connectivity index (χ0n) is 21.7. The smallest absolute Gasteiger partial charge is 0.324 e. The van der Waals surface area contributed by atoms with E-state index < -0.39 is 35.2 Å². The molecule has 5 rings (SSSR count). The molecule has 2 fully saturated rings. The highest BCUT2D eigenvalue weighted by Gasteiger charge is 2.67. The molecule has 2 aromatic rings. The van der Waals surface area contributed by atoms with Gasteiger partial charge in [0.2, 0.25) is 5.91 Å². The normalized spacial score (nSPS) is 30.8. The predicted octanol–water partition coefficient (Wildman–Crippen LogP) is 5.27. The van der Waals surface area contributed by atoms with E-state index in [2.05, 4.69) is 31.4 Å². The second kappa shape index (κ2) is 10.1. The number of amides is 1. The number of carbonyl (C=O) groups is 2. The molecule has 38 heavy (non-hydrogen) atoms. The zero-order valence-corrected chi connectivity index (χ0v) is 23.2. The van der Waals surface area contributed by atoms with Crippen molar-refractivity contribution in [3.63, 3.8) is 0 Å². The molecule has 2 aromatic carbocycles. The van der Waals surface area contributed by atoms with Crippen molar-refractivity contribution in [2.75, 3.05) is 0 Å². The number of benzene rings is 2. The number of nitrogens with one attached hydrogen (secondary N) is 2. The molecule has 1 aliphatic carbocycles. The van der Waals surface area contributed by atoms with Gasteiger partial charge in [-0.15, -0.1) is 0 Å². The van der Waals surface area contributed by atoms with Crippen LogP contribution in [0.1, 0.15) is 69.9 Å². The van der Waals surface area contributed by atoms with Crippen molar-refractivity contribution >= 4 is 35.1 Å². The van der Waals surface area contributed by atoms with Crippen molar-refractivity contribution in [1.82, 2.24) is 10.6 Å². The second-order valence-electron chi connectivity index (χ2n) is 12.0. The molecule has 2 aliphatic heterocycles. The minimum atomic E-state index is -1.39. The number of hydrogen-bond acceptors (Lipinski definition) is 5. The topological polar surface area (TPSA) is 87.7 Å². The number of carbonyl (C=O) groups excluding carboxylic acids is 2. The Morgan fingerprint density at radius 1 is 1.18 bits per heavy atom. The summed E-state index contributed by atoms with van der Waals surface area (Å²) in [6, 6.07) is 8.11. The Kier molecular flexibility index (Phi) is 7.27. The number of fused-ring (bicyclic) bond motifs is 2. The first kappa shape index (κ1) is 27.4. The van der Waals surface area contributed by atoms with E-state index in [9.17, 15) is 14.7 Å². The third-order valence-electron chi connectivity index (χ3n) is 8.14. The molecule has 9 heteroatoms. The van der Waals surface area contributed by atoms with E-state index >= 15 is 4.39 Å². The molecule has 1 spiro atoms. The van der Waals surface area contributed by atoms with Crippen LogP contribution in [0.3, 0.4) is 0 Å². The van der Waals surface area contributed by atoms with Crippen LogP contribution in [0.4, 0.5) is 4.39 Å². The van der Waals surface area contributed by atoms with Crippen LogP contribution in [0.2, 0.25) is 10.0 Å². The molecular formula is C29H33Cl2FN2O4. The Morgan fingerprint density at radius 3 is 2.58 bits per heavy atom. The molecular weight excluding hydrogens is 530 g/mol. The van der Waals surface area contributed by atoms with Crippen LogP contribution in [0, 0.1) is 11.2 Å². The van der Waals surface area contributed by atoms with E-state index in [1.54, 1.807) is 30.3 Å². The molecule has 4 atom stereocenters. The summed E-state index contributed by atoms with van der Waals surface area (Å²) in [5, 5.41) is 16.8. The molecule has 1 saturated heterocycles. The number of rotatable bonds is 4. The Bertz CT molecular complexity index is 1260. The SMILES string of the molecule is CC(C)(C)CC1NC(C(=O)NC2CCC(O)CC2)C(c2cccc(Cl)c2F)C12C(=O)Oc1cc(Cl)ccc12. The van der Waals surface area contributed by atoms with Crippen molar-refractivity contribution in [2.45, 2.75) is 88.4 Å². The van der Waals surface area contributed by atoms with Crippen molar-refractivity contribution in [2.24, 2.45) is 5.41 Å². The maximum Gasteiger partial charge on any atom is 0.324 e. The minimum absolute atomic E-state index is 0.0833. The summed E-state index contributed by atoms with van der Waals surface area (Å²) in [7, 11) is 0. The molecule has 6 nitrogen and oxygen atoms in total. The molecule has 0 radical (unpaired) electrons. The average Bonchev–Trinajstić information content (AvgIpc) is 3.31. The van der Waals surface area contributed by atoms with Crippen LogP contribution in [0.5, 0.6) is 5.75 Å². The summed E-state index contributed by atoms with van der Waals surface area (Å²) in [4.78, 5) is 28.0. The first-order valence-corrected chi connectivity index (χ1v) is 13.9. The molecule has 4 unspecified atom stereocenters. The lowest BCUT2D eigenvalue weighted by atomic mass is 9.62. The van der Waals surface area contributed by atoms with Gasteiger partial charge in [-0.2, -0.15) is 0 Å². The maximum atomic E-state index is 15.8. The Labute approximate surface area is 232 Å². The first-order chi connectivity index (χ1) is 17.9. The quantitative estimate of drug-likeness (QED) is 0.349. The molecule has 204 valence electrons. The van der Waals surface area contributed by atoms with E-state index in [-0.39, 0.29) is 34.1 Å². The lowest BCUT2D eigenvalue weighted by molar-refractivity contribution is -0.139. The van der Waals surface area contributed by atoms with E-state index in [1.165, 1.54) is 6.07 Å². The zero-order chi connectivity index (χ0) is 27.4. The average molecular weight is 563 g/mol. The predicted molar refractivity (Wildman–Crippen MR) is 144 cm³/mol. The number of aliphatic hydroxyl groups is 1. The van der Waals surface area contributed by atoms with Gasteiger partial charge in [0.25, 0.3) is 0 Å². The number of esters is 1. The van der Waals surface area contributed by atoms with Crippen LogP contribution in [0.15, 0.2) is 36.4 Å². The van der Waals surface area contributed by atoms with Gasteiger partial charge in [0.05, 0.1) is 17.2 Å². The second-order valence-corrected chi connectivity index (χ2v) is 12.8. The molecule has 1 saturated carbocycles. The van der Waals surface area contributed by atoms with Crippen LogP contribution >= 0.6 is 23.2 Å². The van der Waals surface area contributed by atoms with Crippen molar-refractivity contribution in [3.8, 4) is 5.75 Å². The van der Waals surface area contributed by atoms with Crippen molar-refractivity contribution in [3.05, 3.63) is 63.4 Å². The van der Waals surface area contributed by atoms with Gasteiger partial charge in [0.1, 0.15) is 17.0 Å². The number of halogens is 3. The molecule has 0 aromatic heterocycles. The summed E-state index contributed by atoms with van der Waals surface area (Å²) in [6.07, 6.45) is 2.66. The highest BCUT2D eigenvalue weighted by molar-refractivity contribution is 6.31. The van der Waals surface area contributed by atoms with Gasteiger partial charge in [-0.3, -0.25) is 9.59 Å². The van der Waals surface area contributed by atoms with E-state index in [0.717, 1.165) is 0 Å². The van der Waals surface area contributed by atoms with Gasteiger partial charge < -0.3 is 20.5 Å². The molecule has 2 heterocycles. The lowest BCUT2D eigenvalue weighted by Gasteiger charge is -2.36. The fraction of sp³-hybridized carbons (Fsp3) is 0.517. The molecule has 1 amide bonds. The van der Waals surface area contributed by atoms with Gasteiger partial charge in [-0.25, -0.2) is 4.39 Å². The van der Waals surface area contributed by atoms with E-state index in [1.807, 2.05) is 0 Å². The number of aliphatic hydroxyl groups excluding tert-OH is 1. The fourth-order valence-electron chi connectivity index (χ4n) is 6.52. The Morgan fingerprint density at radius 2 is 1.89 bits per heavy atom. The standard InChI is InChI=1S/C29H33Cl2FN2O4/c1-28(2,3)14-22-29(19-12-7-15(30)13-21(19)38-27(29)37)23(18-5-4-6-20(31)24(18)32)25(34-22)26(36)33-16-8-10-17(35)11-9-16/h4-7,12-13,16-17,22-23,25,34-35H,8-11,14H2,1-3H3,(H,33,36). The van der Waals surface area contributed by atoms with Gasteiger partial charge in [-0.1, -0.05) is 62.2 Å². The summed E-state index contributed by atoms with van der Waals surface area (Å²) in [6.45, 7) is 6.17. The van der Waals surface area contributed by atoms with E-state index in [0.29, 0.717) is 48.4 Å². The van der Waals surface area contributed by atoms with Gasteiger partial charge in [0.15, 0.2) is 0 Å². The van der Waals surface area contributed by atoms with Crippen LogP contribution in [0.25, 0.3) is 0 Å². The maximum absolute atomic E-state index is 15.8. The first-order valence-electron chi connectivity index (χ1n) is 13.1. The summed E-state index contributed by atoms with van der Waals surface area (Å²) in [5.74, 6) is -2.14. The highest BCUT2D eigenvalue weighted by atomic mass is 35.5. The Hall–Kier alpha value is -2.19. The van der Waals surface area contributed by atoms with Gasteiger partial charge >= 0.3 is 5.97 Å². The van der Waals surface area contributed by atoms with Gasteiger partial charge in [-0.05, 0) is 61.3 Å². The largest absolute Gasteiger partial charge is 0.425 e. The van der Waals surface area contributed by atoms with E-state index in [4.69, 9.17) is 27.9 Å². The molecule has 0 bridgehead atoms. The third-order valence-corrected chi connectivity index (χ3v) is 8.67. The van der Waals surface area contributed by atoms with Crippen LogP contribution in [-0.4, -0.2) is 41.2 Å². The van der Waals surface area contributed by atoms with Crippen LogP contribution < -0.4 is 15.4 Å². The summed E-state index contributed by atoms with van der Waals surface area (Å²) in [5.41, 5.74) is -0.860. The molecule has 3 N–H and O–H groups in total. The fourth-order valence-corrected chi connectivity index (χ4v) is 6.87. The lowest BCUT2D eigenvalue weighted by Crippen LogP contribution is -2.49. The third kappa shape index (κ3) is 4.72. The van der Waals surface area contributed by atoms with Crippen molar-refractivity contribution in [1.29, 1.82) is 0 Å². The monoisotopic (exact) mass is 562 g/mol. The van der Waals surface area contributed by atoms with Gasteiger partial charge in [0, 0.05) is 28.6 Å². The Balaban J connectivity index is 1.67. The summed E-state index contributed by atoms with van der Waals surface area (Å²) >= 11 is 12.5.